The molecule has 6 nitrogen and oxygen atoms in total. The molecule has 0 saturated carbocycles. The Hall–Kier alpha value is -3.03. The maximum atomic E-state index is 13.9. The van der Waals surface area contributed by atoms with Crippen molar-refractivity contribution < 1.29 is 19.1 Å². The maximum Gasteiger partial charge on any atom is 0.258 e. The quantitative estimate of drug-likeness (QED) is 0.370. The molecule has 0 aliphatic carbocycles. The summed E-state index contributed by atoms with van der Waals surface area (Å²) in [5, 5.41) is 2.73. The highest BCUT2D eigenvalue weighted by molar-refractivity contribution is 7.10. The van der Waals surface area contributed by atoms with E-state index in [1.54, 1.807) is 41.5 Å². The van der Waals surface area contributed by atoms with Crippen LogP contribution in [0.2, 0.25) is 5.02 Å². The van der Waals surface area contributed by atoms with E-state index in [-0.39, 0.29) is 30.4 Å². The van der Waals surface area contributed by atoms with Gasteiger partial charge in [0.1, 0.15) is 18.0 Å². The van der Waals surface area contributed by atoms with Gasteiger partial charge in [-0.05, 0) is 66.6 Å². The highest BCUT2D eigenvalue weighted by atomic mass is 35.5. The maximum absolute atomic E-state index is 13.9. The molecule has 8 heteroatoms. The van der Waals surface area contributed by atoms with Crippen molar-refractivity contribution >= 4 is 34.8 Å². The van der Waals surface area contributed by atoms with Crippen molar-refractivity contribution in [2.24, 2.45) is 0 Å². The van der Waals surface area contributed by atoms with Crippen LogP contribution in [-0.4, -0.2) is 55.0 Å². The summed E-state index contributed by atoms with van der Waals surface area (Å²) < 4.78 is 10.8. The van der Waals surface area contributed by atoms with Gasteiger partial charge < -0.3 is 19.3 Å². The van der Waals surface area contributed by atoms with E-state index >= 15 is 0 Å². The molecule has 4 rings (SSSR count). The lowest BCUT2D eigenvalue weighted by Gasteiger charge is -2.38. The molecule has 0 N–H and O–H groups in total. The van der Waals surface area contributed by atoms with Crippen LogP contribution in [0.3, 0.4) is 0 Å². The third-order valence-electron chi connectivity index (χ3n) is 6.80. The van der Waals surface area contributed by atoms with E-state index in [4.69, 9.17) is 21.1 Å². The molecule has 0 saturated heterocycles. The SMILES string of the molecule is CC[C@H](C)N(CC(=O)N1CCc2sccc2[C@H]1c1ccc(Cl)cc1)C(=O)c1ccc(OC)cc1OC. The summed E-state index contributed by atoms with van der Waals surface area (Å²) in [6, 6.07) is 14.5. The molecular formula is C28H31ClN2O4S. The fraction of sp³-hybridized carbons (Fsp3) is 0.357. The second-order valence-electron chi connectivity index (χ2n) is 8.85. The Kier molecular flexibility index (Phi) is 8.21. The molecule has 0 radical (unpaired) electrons. The van der Waals surface area contributed by atoms with Gasteiger partial charge in [0.2, 0.25) is 5.91 Å². The zero-order valence-electron chi connectivity index (χ0n) is 21.0. The van der Waals surface area contributed by atoms with Crippen molar-refractivity contribution in [2.45, 2.75) is 38.8 Å². The summed E-state index contributed by atoms with van der Waals surface area (Å²) in [4.78, 5) is 32.4. The second kappa shape index (κ2) is 11.4. The lowest BCUT2D eigenvalue weighted by Crippen LogP contribution is -2.49. The largest absolute Gasteiger partial charge is 0.497 e. The molecule has 1 aliphatic heterocycles. The van der Waals surface area contributed by atoms with Crippen molar-refractivity contribution in [1.82, 2.24) is 9.80 Å². The average molecular weight is 527 g/mol. The first kappa shape index (κ1) is 26.0. The van der Waals surface area contributed by atoms with Crippen molar-refractivity contribution in [3.8, 4) is 11.5 Å². The Morgan fingerprint density at radius 2 is 1.89 bits per heavy atom. The third kappa shape index (κ3) is 5.22. The number of carbonyl (C=O) groups excluding carboxylic acids is 2. The molecule has 0 spiro atoms. The number of halogens is 1. The standard InChI is InChI=1S/C28H31ClN2O4S/c1-5-18(2)31(28(33)22-11-10-21(34-3)16-24(22)35-4)17-26(32)30-14-12-25-23(13-15-36-25)27(30)19-6-8-20(29)9-7-19/h6-11,13,15-16,18,27H,5,12,14,17H2,1-4H3/t18-,27+/m0/s1. The van der Waals surface area contributed by atoms with Gasteiger partial charge in [0, 0.05) is 28.6 Å². The number of ether oxygens (including phenoxy) is 2. The van der Waals surface area contributed by atoms with Crippen molar-refractivity contribution in [1.29, 1.82) is 0 Å². The predicted octanol–water partition coefficient (Wildman–Crippen LogP) is 5.83. The Labute approximate surface area is 221 Å². The van der Waals surface area contributed by atoms with E-state index in [1.807, 2.05) is 43.0 Å². The van der Waals surface area contributed by atoms with Gasteiger partial charge in [0.05, 0.1) is 25.8 Å². The molecule has 36 heavy (non-hydrogen) atoms. The summed E-state index contributed by atoms with van der Waals surface area (Å²) in [7, 11) is 3.09. The molecule has 0 fully saturated rings. The molecular weight excluding hydrogens is 496 g/mol. The molecule has 0 unspecified atom stereocenters. The first-order chi connectivity index (χ1) is 17.4. The molecule has 2 aromatic carbocycles. The summed E-state index contributed by atoms with van der Waals surface area (Å²) in [5.74, 6) is 0.682. The minimum atomic E-state index is -0.242. The van der Waals surface area contributed by atoms with Crippen LogP contribution in [0.25, 0.3) is 0 Å². The van der Waals surface area contributed by atoms with Crippen LogP contribution in [-0.2, 0) is 11.2 Å². The number of rotatable bonds is 8. The number of benzene rings is 2. The van der Waals surface area contributed by atoms with Crippen molar-refractivity contribution in [3.63, 3.8) is 0 Å². The number of methoxy groups -OCH3 is 2. The van der Waals surface area contributed by atoms with Crippen LogP contribution in [0.4, 0.5) is 0 Å². The van der Waals surface area contributed by atoms with Crippen LogP contribution in [0, 0.1) is 0 Å². The Morgan fingerprint density at radius 3 is 2.56 bits per heavy atom. The van der Waals surface area contributed by atoms with E-state index in [0.717, 1.165) is 17.5 Å². The first-order valence-electron chi connectivity index (χ1n) is 12.0. The highest BCUT2D eigenvalue weighted by Crippen LogP contribution is 2.38. The molecule has 3 aromatic rings. The fourth-order valence-corrected chi connectivity index (χ4v) is 5.63. The summed E-state index contributed by atoms with van der Waals surface area (Å²) in [6.07, 6.45) is 1.51. The topological polar surface area (TPSA) is 59.1 Å². The van der Waals surface area contributed by atoms with Crippen molar-refractivity contribution in [2.75, 3.05) is 27.3 Å². The predicted molar refractivity (Wildman–Crippen MR) is 143 cm³/mol. The molecule has 0 bridgehead atoms. The summed E-state index contributed by atoms with van der Waals surface area (Å²) in [5.41, 5.74) is 2.55. The fourth-order valence-electron chi connectivity index (χ4n) is 4.60. The zero-order valence-corrected chi connectivity index (χ0v) is 22.6. The minimum absolute atomic E-state index is 0.0212. The first-order valence-corrected chi connectivity index (χ1v) is 13.3. The van der Waals surface area contributed by atoms with Gasteiger partial charge in [-0.3, -0.25) is 9.59 Å². The lowest BCUT2D eigenvalue weighted by molar-refractivity contribution is -0.134. The number of amides is 2. The second-order valence-corrected chi connectivity index (χ2v) is 10.3. The van der Waals surface area contributed by atoms with E-state index in [0.29, 0.717) is 35.1 Å². The molecule has 190 valence electrons. The lowest BCUT2D eigenvalue weighted by atomic mass is 9.93. The number of fused-ring (bicyclic) bond motifs is 1. The number of hydrogen-bond acceptors (Lipinski definition) is 5. The van der Waals surface area contributed by atoms with Crippen LogP contribution >= 0.6 is 22.9 Å². The Bertz CT molecular complexity index is 1230. The zero-order chi connectivity index (χ0) is 25.8. The normalized spacial score (nSPS) is 15.7. The number of thiophene rings is 1. The van der Waals surface area contributed by atoms with Crippen LogP contribution < -0.4 is 9.47 Å². The van der Waals surface area contributed by atoms with E-state index in [1.165, 1.54) is 12.0 Å². The molecule has 1 aliphatic rings. The van der Waals surface area contributed by atoms with Crippen molar-refractivity contribution in [3.05, 3.63) is 80.5 Å². The van der Waals surface area contributed by atoms with Gasteiger partial charge in [0.15, 0.2) is 0 Å². The minimum Gasteiger partial charge on any atom is -0.497 e. The monoisotopic (exact) mass is 526 g/mol. The van der Waals surface area contributed by atoms with Gasteiger partial charge >= 0.3 is 0 Å². The number of carbonyl (C=O) groups is 2. The van der Waals surface area contributed by atoms with E-state index in [2.05, 4.69) is 11.4 Å². The van der Waals surface area contributed by atoms with E-state index in [9.17, 15) is 9.59 Å². The molecule has 1 aromatic heterocycles. The third-order valence-corrected chi connectivity index (χ3v) is 8.05. The number of nitrogens with zero attached hydrogens (tertiary/aromatic N) is 2. The summed E-state index contributed by atoms with van der Waals surface area (Å²) in [6.45, 7) is 4.54. The Balaban J connectivity index is 1.65. The van der Waals surface area contributed by atoms with Gasteiger partial charge in [-0.15, -0.1) is 11.3 Å². The van der Waals surface area contributed by atoms with E-state index < -0.39 is 0 Å². The molecule has 2 heterocycles. The van der Waals surface area contributed by atoms with Crippen LogP contribution in [0.5, 0.6) is 11.5 Å². The van der Waals surface area contributed by atoms with Crippen LogP contribution in [0.15, 0.2) is 53.9 Å². The molecule has 2 amide bonds. The Morgan fingerprint density at radius 1 is 1.14 bits per heavy atom. The highest BCUT2D eigenvalue weighted by Gasteiger charge is 2.35. The average Bonchev–Trinajstić information content (AvgIpc) is 3.39. The van der Waals surface area contributed by atoms with Gasteiger partial charge in [-0.1, -0.05) is 30.7 Å². The molecule has 2 atom stereocenters. The van der Waals surface area contributed by atoms with Crippen LogP contribution in [0.1, 0.15) is 52.7 Å². The summed E-state index contributed by atoms with van der Waals surface area (Å²) >= 11 is 7.86. The smallest absolute Gasteiger partial charge is 0.258 e. The van der Waals surface area contributed by atoms with Gasteiger partial charge in [-0.25, -0.2) is 0 Å². The number of hydrogen-bond donors (Lipinski definition) is 0. The van der Waals surface area contributed by atoms with Gasteiger partial charge in [-0.2, -0.15) is 0 Å². The van der Waals surface area contributed by atoms with Gasteiger partial charge in [0.25, 0.3) is 5.91 Å².